The van der Waals surface area contributed by atoms with Crippen molar-refractivity contribution >= 4 is 11.0 Å². The molecule has 1 aromatic carbocycles. The predicted molar refractivity (Wildman–Crippen MR) is 75.9 cm³/mol. The van der Waals surface area contributed by atoms with Gasteiger partial charge in [0.2, 0.25) is 0 Å². The average Bonchev–Trinajstić information content (AvgIpc) is 2.92. The number of benzene rings is 1. The Kier molecular flexibility index (Phi) is 2.83. The van der Waals surface area contributed by atoms with E-state index in [1.165, 1.54) is 5.56 Å². The molecule has 0 aliphatic rings. The molecule has 0 aliphatic heterocycles. The third-order valence-electron chi connectivity index (χ3n) is 3.34. The van der Waals surface area contributed by atoms with Crippen molar-refractivity contribution in [2.24, 2.45) is 0 Å². The largest absolute Gasteiger partial charge is 0.342 e. The second kappa shape index (κ2) is 4.51. The first-order valence-corrected chi connectivity index (χ1v) is 6.34. The van der Waals surface area contributed by atoms with Crippen LogP contribution in [0.5, 0.6) is 0 Å². The number of imidazole rings is 1. The van der Waals surface area contributed by atoms with Crippen molar-refractivity contribution in [3.05, 3.63) is 35.3 Å². The standard InChI is InChI=1S/C14H17N5/c1-8-13(7-15-3)18-19-14(8)10-4-5-11-12(6-10)17-9(2)16-11/h4-6,15H,7H2,1-3H3,(H,16,17)(H,18,19). The minimum atomic E-state index is 0.796. The summed E-state index contributed by atoms with van der Waals surface area (Å²) in [4.78, 5) is 7.67. The molecule has 3 rings (SSSR count). The second-order valence-electron chi connectivity index (χ2n) is 4.76. The first kappa shape index (κ1) is 11.9. The van der Waals surface area contributed by atoms with Crippen LogP contribution in [0.1, 0.15) is 17.1 Å². The molecule has 0 aliphatic carbocycles. The van der Waals surface area contributed by atoms with Gasteiger partial charge in [0.15, 0.2) is 0 Å². The van der Waals surface area contributed by atoms with Gasteiger partial charge in [-0.2, -0.15) is 5.10 Å². The van der Waals surface area contributed by atoms with Gasteiger partial charge in [-0.25, -0.2) is 4.98 Å². The van der Waals surface area contributed by atoms with E-state index in [1.54, 1.807) is 0 Å². The SMILES string of the molecule is CNCc1[nH]nc(-c2ccc3nc(C)[nH]c3c2)c1C. The van der Waals surface area contributed by atoms with Crippen LogP contribution in [0.15, 0.2) is 18.2 Å². The molecule has 0 spiro atoms. The number of aromatic amines is 2. The van der Waals surface area contributed by atoms with E-state index in [0.29, 0.717) is 0 Å². The lowest BCUT2D eigenvalue weighted by Crippen LogP contribution is -2.06. The molecule has 98 valence electrons. The van der Waals surface area contributed by atoms with Crippen molar-refractivity contribution in [3.8, 4) is 11.3 Å². The predicted octanol–water partition coefficient (Wildman–Crippen LogP) is 2.29. The highest BCUT2D eigenvalue weighted by molar-refractivity contribution is 5.81. The summed E-state index contributed by atoms with van der Waals surface area (Å²) in [6.07, 6.45) is 0. The van der Waals surface area contributed by atoms with Gasteiger partial charge in [0, 0.05) is 12.1 Å². The molecule has 5 nitrogen and oxygen atoms in total. The maximum atomic E-state index is 4.42. The minimum Gasteiger partial charge on any atom is -0.342 e. The van der Waals surface area contributed by atoms with Crippen LogP contribution in [0, 0.1) is 13.8 Å². The highest BCUT2D eigenvalue weighted by Crippen LogP contribution is 2.25. The molecule has 0 amide bonds. The lowest BCUT2D eigenvalue weighted by Gasteiger charge is -2.00. The molecule has 3 aromatic rings. The average molecular weight is 255 g/mol. The number of rotatable bonds is 3. The summed E-state index contributed by atoms with van der Waals surface area (Å²) in [5.41, 5.74) is 6.45. The molecule has 0 saturated heterocycles. The summed E-state index contributed by atoms with van der Waals surface area (Å²) in [5.74, 6) is 0.932. The summed E-state index contributed by atoms with van der Waals surface area (Å²) in [7, 11) is 1.93. The Bertz CT molecular complexity index is 723. The van der Waals surface area contributed by atoms with Crippen LogP contribution in [-0.4, -0.2) is 27.2 Å². The number of nitrogens with one attached hydrogen (secondary N) is 3. The first-order chi connectivity index (χ1) is 9.19. The number of nitrogens with zero attached hydrogens (tertiary/aromatic N) is 2. The zero-order chi connectivity index (χ0) is 13.4. The Balaban J connectivity index is 2.08. The summed E-state index contributed by atoms with van der Waals surface area (Å²) in [6.45, 7) is 4.85. The van der Waals surface area contributed by atoms with Gasteiger partial charge in [0.25, 0.3) is 0 Å². The number of hydrogen-bond acceptors (Lipinski definition) is 3. The Morgan fingerprint density at radius 3 is 2.89 bits per heavy atom. The van der Waals surface area contributed by atoms with Crippen molar-refractivity contribution in [3.63, 3.8) is 0 Å². The quantitative estimate of drug-likeness (QED) is 0.672. The summed E-state index contributed by atoms with van der Waals surface area (Å²) in [5, 5.41) is 10.6. The third-order valence-corrected chi connectivity index (χ3v) is 3.34. The van der Waals surface area contributed by atoms with E-state index >= 15 is 0 Å². The minimum absolute atomic E-state index is 0.796. The van der Waals surface area contributed by atoms with E-state index < -0.39 is 0 Å². The van der Waals surface area contributed by atoms with Gasteiger partial charge in [-0.15, -0.1) is 0 Å². The lowest BCUT2D eigenvalue weighted by molar-refractivity contribution is 0.779. The van der Waals surface area contributed by atoms with E-state index in [1.807, 2.05) is 20.0 Å². The molecular weight excluding hydrogens is 238 g/mol. The van der Waals surface area contributed by atoms with Crippen molar-refractivity contribution in [2.45, 2.75) is 20.4 Å². The van der Waals surface area contributed by atoms with E-state index in [-0.39, 0.29) is 0 Å². The molecule has 0 saturated carbocycles. The molecule has 5 heteroatoms. The fourth-order valence-corrected chi connectivity index (χ4v) is 2.35. The van der Waals surface area contributed by atoms with Gasteiger partial charge in [-0.1, -0.05) is 6.07 Å². The molecule has 0 atom stereocenters. The zero-order valence-electron chi connectivity index (χ0n) is 11.3. The monoisotopic (exact) mass is 255 g/mol. The molecule has 0 unspecified atom stereocenters. The number of aromatic nitrogens is 4. The Morgan fingerprint density at radius 2 is 2.11 bits per heavy atom. The fraction of sp³-hybridized carbons (Fsp3) is 0.286. The highest BCUT2D eigenvalue weighted by Gasteiger charge is 2.11. The van der Waals surface area contributed by atoms with Gasteiger partial charge in [0.1, 0.15) is 5.82 Å². The van der Waals surface area contributed by atoms with Crippen LogP contribution in [0.2, 0.25) is 0 Å². The van der Waals surface area contributed by atoms with E-state index in [2.05, 4.69) is 44.5 Å². The van der Waals surface area contributed by atoms with Crippen LogP contribution in [0.25, 0.3) is 22.3 Å². The first-order valence-electron chi connectivity index (χ1n) is 6.34. The van der Waals surface area contributed by atoms with Crippen LogP contribution >= 0.6 is 0 Å². The lowest BCUT2D eigenvalue weighted by atomic mass is 10.1. The third kappa shape index (κ3) is 2.02. The topological polar surface area (TPSA) is 69.4 Å². The molecule has 19 heavy (non-hydrogen) atoms. The number of H-pyrrole nitrogens is 2. The summed E-state index contributed by atoms with van der Waals surface area (Å²) in [6, 6.07) is 6.19. The highest BCUT2D eigenvalue weighted by atomic mass is 15.1. The summed E-state index contributed by atoms with van der Waals surface area (Å²) < 4.78 is 0. The molecular formula is C14H17N5. The van der Waals surface area contributed by atoms with Crippen LogP contribution in [0.3, 0.4) is 0 Å². The molecule has 0 bridgehead atoms. The van der Waals surface area contributed by atoms with Gasteiger partial charge in [0.05, 0.1) is 22.4 Å². The summed E-state index contributed by atoms with van der Waals surface area (Å²) >= 11 is 0. The van der Waals surface area contributed by atoms with Crippen LogP contribution < -0.4 is 5.32 Å². The smallest absolute Gasteiger partial charge is 0.104 e. The van der Waals surface area contributed by atoms with E-state index in [0.717, 1.165) is 40.4 Å². The maximum absolute atomic E-state index is 4.42. The van der Waals surface area contributed by atoms with Crippen LogP contribution in [0.4, 0.5) is 0 Å². The maximum Gasteiger partial charge on any atom is 0.104 e. The van der Waals surface area contributed by atoms with Crippen molar-refractivity contribution in [1.29, 1.82) is 0 Å². The number of fused-ring (bicyclic) bond motifs is 1. The van der Waals surface area contributed by atoms with Gasteiger partial charge < -0.3 is 10.3 Å². The van der Waals surface area contributed by atoms with E-state index in [9.17, 15) is 0 Å². The van der Waals surface area contributed by atoms with Crippen molar-refractivity contribution in [2.75, 3.05) is 7.05 Å². The molecule has 3 N–H and O–H groups in total. The second-order valence-corrected chi connectivity index (χ2v) is 4.76. The van der Waals surface area contributed by atoms with Crippen LogP contribution in [-0.2, 0) is 6.54 Å². The molecule has 0 fully saturated rings. The normalized spacial score (nSPS) is 11.3. The number of hydrogen-bond donors (Lipinski definition) is 3. The molecule has 2 aromatic heterocycles. The van der Waals surface area contributed by atoms with Crippen molar-refractivity contribution < 1.29 is 0 Å². The Hall–Kier alpha value is -2.14. The zero-order valence-corrected chi connectivity index (χ0v) is 11.3. The van der Waals surface area contributed by atoms with E-state index in [4.69, 9.17) is 0 Å². The molecule has 0 radical (unpaired) electrons. The van der Waals surface area contributed by atoms with Gasteiger partial charge in [-0.05, 0) is 38.6 Å². The Morgan fingerprint density at radius 1 is 1.26 bits per heavy atom. The Labute approximate surface area is 111 Å². The van der Waals surface area contributed by atoms with Crippen molar-refractivity contribution in [1.82, 2.24) is 25.5 Å². The number of aryl methyl sites for hydroxylation is 1. The van der Waals surface area contributed by atoms with Gasteiger partial charge in [-0.3, -0.25) is 5.10 Å². The molecule has 2 heterocycles. The van der Waals surface area contributed by atoms with Gasteiger partial charge >= 0.3 is 0 Å². The fourth-order valence-electron chi connectivity index (χ4n) is 2.35.